The molecule has 2 fully saturated rings. The van der Waals surface area contributed by atoms with E-state index in [9.17, 15) is 18.0 Å². The maximum Gasteiger partial charge on any atom is 0.411 e. The number of hydrogen-bond donors (Lipinski definition) is 0. The summed E-state index contributed by atoms with van der Waals surface area (Å²) >= 11 is 6.44. The van der Waals surface area contributed by atoms with E-state index in [4.69, 9.17) is 21.1 Å². The van der Waals surface area contributed by atoms with Gasteiger partial charge in [-0.05, 0) is 75.4 Å². The van der Waals surface area contributed by atoms with Crippen molar-refractivity contribution in [3.63, 3.8) is 0 Å². The highest BCUT2D eigenvalue weighted by atomic mass is 35.5. The number of nitrogens with zero attached hydrogens (tertiary/aromatic N) is 5. The van der Waals surface area contributed by atoms with Gasteiger partial charge < -0.3 is 19.3 Å². The standard InChI is InChI=1S/C31H34ClN5O6S/c1-34-15-12-23(13-16-34)35-17-19-36(20-18-35)30(39)43-31(25-9-6-14-33-28(25)42-2)26-21-22(32)10-11-27(26)37(29(31)38)44(40,41)24-7-4-3-5-8-24/h3-11,14,21,23H,12-13,15-20H2,1-2H3. The van der Waals surface area contributed by atoms with Crippen LogP contribution in [0.15, 0.2) is 71.8 Å². The number of ether oxygens (including phenoxy) is 2. The third-order valence-electron chi connectivity index (χ3n) is 8.68. The van der Waals surface area contributed by atoms with Gasteiger partial charge in [0.15, 0.2) is 0 Å². The zero-order chi connectivity index (χ0) is 31.1. The van der Waals surface area contributed by atoms with Crippen LogP contribution in [0.4, 0.5) is 10.5 Å². The summed E-state index contributed by atoms with van der Waals surface area (Å²) in [7, 11) is -0.933. The van der Waals surface area contributed by atoms with E-state index >= 15 is 0 Å². The van der Waals surface area contributed by atoms with Crippen LogP contribution in [0.1, 0.15) is 24.0 Å². The number of fused-ring (bicyclic) bond motifs is 1. The molecule has 1 atom stereocenters. The van der Waals surface area contributed by atoms with Crippen LogP contribution in [-0.2, 0) is 25.2 Å². The quantitative estimate of drug-likeness (QED) is 0.400. The third-order valence-corrected chi connectivity index (χ3v) is 10.6. The predicted octanol–water partition coefficient (Wildman–Crippen LogP) is 3.57. The molecule has 2 aromatic carbocycles. The lowest BCUT2D eigenvalue weighted by Crippen LogP contribution is -2.55. The minimum atomic E-state index is -4.43. The Bertz CT molecular complexity index is 1660. The maximum absolute atomic E-state index is 14.7. The number of anilines is 1. The zero-order valence-corrected chi connectivity index (χ0v) is 26.1. The van der Waals surface area contributed by atoms with Crippen LogP contribution in [0.25, 0.3) is 0 Å². The Labute approximate surface area is 262 Å². The van der Waals surface area contributed by atoms with E-state index in [0.717, 1.165) is 25.9 Å². The van der Waals surface area contributed by atoms with Crippen molar-refractivity contribution < 1.29 is 27.5 Å². The minimum absolute atomic E-state index is 0.00520. The van der Waals surface area contributed by atoms with E-state index in [1.807, 2.05) is 0 Å². The maximum atomic E-state index is 14.7. The number of aromatic nitrogens is 1. The van der Waals surface area contributed by atoms with Crippen LogP contribution in [0.3, 0.4) is 0 Å². The van der Waals surface area contributed by atoms with Crippen LogP contribution in [0.2, 0.25) is 5.02 Å². The molecule has 232 valence electrons. The van der Waals surface area contributed by atoms with Gasteiger partial charge in [0.25, 0.3) is 21.5 Å². The molecule has 4 heterocycles. The van der Waals surface area contributed by atoms with Gasteiger partial charge in [0.1, 0.15) is 0 Å². The number of rotatable bonds is 6. The van der Waals surface area contributed by atoms with Crippen molar-refractivity contribution >= 4 is 39.3 Å². The lowest BCUT2D eigenvalue weighted by atomic mass is 9.87. The molecule has 2 saturated heterocycles. The van der Waals surface area contributed by atoms with Gasteiger partial charge in [-0.25, -0.2) is 18.2 Å². The molecule has 6 rings (SSSR count). The summed E-state index contributed by atoms with van der Waals surface area (Å²) in [6.45, 7) is 4.20. The van der Waals surface area contributed by atoms with E-state index in [1.165, 1.54) is 43.6 Å². The molecule has 0 radical (unpaired) electrons. The van der Waals surface area contributed by atoms with Crippen LogP contribution in [0, 0.1) is 0 Å². The number of carbonyl (C=O) groups is 2. The fourth-order valence-corrected chi connectivity index (χ4v) is 7.98. The lowest BCUT2D eigenvalue weighted by molar-refractivity contribution is -0.132. The summed E-state index contributed by atoms with van der Waals surface area (Å²) in [6, 6.07) is 15.6. The zero-order valence-electron chi connectivity index (χ0n) is 24.6. The number of pyridine rings is 1. The first-order valence-corrected chi connectivity index (χ1v) is 16.3. The van der Waals surface area contributed by atoms with Gasteiger partial charge in [-0.3, -0.25) is 9.69 Å². The van der Waals surface area contributed by atoms with Gasteiger partial charge in [0.2, 0.25) is 5.88 Å². The first-order chi connectivity index (χ1) is 21.2. The summed E-state index contributed by atoms with van der Waals surface area (Å²) in [5.41, 5.74) is -2.04. The molecule has 0 bridgehead atoms. The number of likely N-dealkylation sites (tertiary alicyclic amines) is 1. The van der Waals surface area contributed by atoms with Crippen LogP contribution in [-0.4, -0.2) is 99.6 Å². The van der Waals surface area contributed by atoms with Gasteiger partial charge >= 0.3 is 6.09 Å². The Kier molecular flexibility index (Phi) is 8.27. The lowest BCUT2D eigenvalue weighted by Gasteiger charge is -2.42. The molecule has 1 unspecified atom stereocenters. The van der Waals surface area contributed by atoms with Crippen molar-refractivity contribution in [2.75, 3.05) is 57.7 Å². The Morgan fingerprint density at radius 2 is 1.66 bits per heavy atom. The number of piperidine rings is 1. The monoisotopic (exact) mass is 639 g/mol. The van der Waals surface area contributed by atoms with Gasteiger partial charge in [-0.1, -0.05) is 29.8 Å². The molecule has 0 saturated carbocycles. The third kappa shape index (κ3) is 5.19. The second-order valence-electron chi connectivity index (χ2n) is 11.2. The second kappa shape index (κ2) is 12.0. The number of sulfonamides is 1. The number of amides is 2. The van der Waals surface area contributed by atoms with Gasteiger partial charge in [-0.15, -0.1) is 0 Å². The molecule has 13 heteroatoms. The van der Waals surface area contributed by atoms with Gasteiger partial charge in [-0.2, -0.15) is 4.31 Å². The average molecular weight is 640 g/mol. The first-order valence-electron chi connectivity index (χ1n) is 14.5. The molecule has 3 aliphatic rings. The molecule has 0 aliphatic carbocycles. The van der Waals surface area contributed by atoms with E-state index in [2.05, 4.69) is 21.8 Å². The summed E-state index contributed by atoms with van der Waals surface area (Å²) in [5.74, 6) is -0.992. The van der Waals surface area contributed by atoms with E-state index < -0.39 is 27.6 Å². The summed E-state index contributed by atoms with van der Waals surface area (Å²) in [6.07, 6.45) is 2.86. The number of benzene rings is 2. The highest BCUT2D eigenvalue weighted by Gasteiger charge is 2.61. The number of carbonyl (C=O) groups excluding carboxylic acids is 2. The molecule has 11 nitrogen and oxygen atoms in total. The molecule has 1 aromatic heterocycles. The molecule has 44 heavy (non-hydrogen) atoms. The smallest absolute Gasteiger partial charge is 0.411 e. The fraction of sp³-hybridized carbons (Fsp3) is 0.387. The van der Waals surface area contributed by atoms with Crippen LogP contribution in [0.5, 0.6) is 5.88 Å². The SMILES string of the molecule is COc1ncccc1C1(OC(=O)N2CCN(C3CCN(C)CC3)CC2)C(=O)N(S(=O)(=O)c2ccccc2)c2ccc(Cl)cc21. The largest absolute Gasteiger partial charge is 0.481 e. The van der Waals surface area contributed by atoms with Gasteiger partial charge in [0, 0.05) is 49.0 Å². The second-order valence-corrected chi connectivity index (χ2v) is 13.4. The van der Waals surface area contributed by atoms with Crippen molar-refractivity contribution in [3.05, 3.63) is 83.0 Å². The first kappa shape index (κ1) is 30.3. The van der Waals surface area contributed by atoms with E-state index in [-0.39, 0.29) is 32.6 Å². The van der Waals surface area contributed by atoms with Crippen molar-refractivity contribution in [3.8, 4) is 5.88 Å². The summed E-state index contributed by atoms with van der Waals surface area (Å²) < 4.78 is 40.5. The van der Waals surface area contributed by atoms with E-state index in [0.29, 0.717) is 36.5 Å². The van der Waals surface area contributed by atoms with Crippen LogP contribution < -0.4 is 9.04 Å². The molecule has 3 aliphatic heterocycles. The van der Waals surface area contributed by atoms with E-state index in [1.54, 1.807) is 35.2 Å². The Morgan fingerprint density at radius 3 is 2.34 bits per heavy atom. The topological polar surface area (TPSA) is 113 Å². The number of halogens is 1. The van der Waals surface area contributed by atoms with Crippen LogP contribution >= 0.6 is 11.6 Å². The number of piperazine rings is 1. The molecule has 2 amide bonds. The minimum Gasteiger partial charge on any atom is -0.481 e. The Hall–Kier alpha value is -3.71. The highest BCUT2D eigenvalue weighted by Crippen LogP contribution is 2.51. The molecule has 3 aromatic rings. The average Bonchev–Trinajstić information content (AvgIpc) is 3.29. The fourth-order valence-electron chi connectivity index (χ4n) is 6.33. The van der Waals surface area contributed by atoms with Gasteiger partial charge in [0.05, 0.1) is 23.3 Å². The van der Waals surface area contributed by atoms with Crippen molar-refractivity contribution in [2.24, 2.45) is 0 Å². The number of methoxy groups -OCH3 is 1. The van der Waals surface area contributed by atoms with Crippen molar-refractivity contribution in [2.45, 2.75) is 29.4 Å². The Balaban J connectivity index is 1.40. The summed E-state index contributed by atoms with van der Waals surface area (Å²) in [5, 5.41) is 0.227. The Morgan fingerprint density at radius 1 is 0.955 bits per heavy atom. The van der Waals surface area contributed by atoms with Crippen molar-refractivity contribution in [1.82, 2.24) is 19.7 Å². The molecule has 0 N–H and O–H groups in total. The molecular formula is C31H34ClN5O6S. The molecular weight excluding hydrogens is 606 g/mol. The highest BCUT2D eigenvalue weighted by molar-refractivity contribution is 7.93. The molecule has 0 spiro atoms. The number of hydrogen-bond acceptors (Lipinski definition) is 9. The van der Waals surface area contributed by atoms with Crippen molar-refractivity contribution in [1.29, 1.82) is 0 Å². The predicted molar refractivity (Wildman–Crippen MR) is 164 cm³/mol. The normalized spacial score (nSPS) is 21.8. The summed E-state index contributed by atoms with van der Waals surface area (Å²) in [4.78, 5) is 39.1.